The Morgan fingerprint density at radius 2 is 1.41 bits per heavy atom. The molecule has 8 nitrogen and oxygen atoms in total. The molecule has 0 aliphatic carbocycles. The highest BCUT2D eigenvalue weighted by Gasteiger charge is 2.23. The Morgan fingerprint density at radius 3 is 2.00 bits per heavy atom. The summed E-state index contributed by atoms with van der Waals surface area (Å²) in [6.07, 6.45) is 0.891. The third-order valence-electron chi connectivity index (χ3n) is 4.31. The number of benzene rings is 2. The number of carbonyl (C=O) groups is 2. The summed E-state index contributed by atoms with van der Waals surface area (Å²) in [6.45, 7) is 3.16. The molecule has 0 amide bonds. The highest BCUT2D eigenvalue weighted by molar-refractivity contribution is 5.95. The minimum atomic E-state index is -1.42. The summed E-state index contributed by atoms with van der Waals surface area (Å²) in [5.41, 5.74) is 2.99. The van der Waals surface area contributed by atoms with Crippen molar-refractivity contribution in [3.8, 4) is 11.3 Å². The third kappa shape index (κ3) is 6.80. The van der Waals surface area contributed by atoms with Gasteiger partial charge in [-0.05, 0) is 26.0 Å². The molecular weight excluding hydrogens is 514 g/mol. The van der Waals surface area contributed by atoms with Crippen LogP contribution in [0.3, 0.4) is 0 Å². The maximum atomic E-state index is 13.6. The minimum Gasteiger partial charge on any atom is -0.505 e. The van der Waals surface area contributed by atoms with E-state index < -0.39 is 69.4 Å². The molecule has 0 unspecified atom stereocenters. The SMILES string of the molecule is CCOC(=O)/C(N)=C(/O)c1cc(F)c(F)cc1F.CCOC(=O)c1ncoc1-c1cc(F)c(F)cc1F. The van der Waals surface area contributed by atoms with E-state index in [2.05, 4.69) is 9.72 Å². The number of hydrogen-bond acceptors (Lipinski definition) is 8. The van der Waals surface area contributed by atoms with Gasteiger partial charge in [0.2, 0.25) is 0 Å². The molecule has 0 radical (unpaired) electrons. The second-order valence-electron chi connectivity index (χ2n) is 6.73. The Hall–Kier alpha value is -4.49. The van der Waals surface area contributed by atoms with Gasteiger partial charge in [-0.1, -0.05) is 0 Å². The van der Waals surface area contributed by atoms with Crippen molar-refractivity contribution in [1.82, 2.24) is 4.98 Å². The van der Waals surface area contributed by atoms with E-state index in [0.717, 1.165) is 6.39 Å². The number of ether oxygens (including phenoxy) is 2. The summed E-state index contributed by atoms with van der Waals surface area (Å²) in [5, 5.41) is 9.51. The van der Waals surface area contributed by atoms with E-state index in [4.69, 9.17) is 14.9 Å². The maximum Gasteiger partial charge on any atom is 0.360 e. The highest BCUT2D eigenvalue weighted by Crippen LogP contribution is 2.28. The van der Waals surface area contributed by atoms with Crippen LogP contribution in [-0.4, -0.2) is 35.2 Å². The first-order valence-electron chi connectivity index (χ1n) is 10.2. The number of aliphatic hydroxyl groups excluding tert-OH is 1. The highest BCUT2D eigenvalue weighted by atomic mass is 19.2. The molecule has 0 spiro atoms. The van der Waals surface area contributed by atoms with Gasteiger partial charge in [0.1, 0.15) is 11.6 Å². The molecule has 0 saturated carbocycles. The number of aromatic nitrogens is 1. The largest absolute Gasteiger partial charge is 0.505 e. The monoisotopic (exact) mass is 532 g/mol. The summed E-state index contributed by atoms with van der Waals surface area (Å²) in [7, 11) is 0. The first-order valence-corrected chi connectivity index (χ1v) is 10.2. The number of carbonyl (C=O) groups excluding carboxylic acids is 2. The summed E-state index contributed by atoms with van der Waals surface area (Å²) < 4.78 is 92.4. The average molecular weight is 532 g/mol. The fraction of sp³-hybridized carbons (Fsp3) is 0.174. The van der Waals surface area contributed by atoms with Gasteiger partial charge in [0, 0.05) is 12.1 Å². The van der Waals surface area contributed by atoms with Crippen LogP contribution in [0.4, 0.5) is 26.3 Å². The molecule has 1 aromatic heterocycles. The van der Waals surface area contributed by atoms with Crippen molar-refractivity contribution >= 4 is 17.7 Å². The molecule has 1 heterocycles. The van der Waals surface area contributed by atoms with Gasteiger partial charge in [0.05, 0.1) is 24.3 Å². The van der Waals surface area contributed by atoms with Gasteiger partial charge >= 0.3 is 11.9 Å². The molecule has 0 bridgehead atoms. The third-order valence-corrected chi connectivity index (χ3v) is 4.31. The fourth-order valence-corrected chi connectivity index (χ4v) is 2.63. The molecule has 3 N–H and O–H groups in total. The van der Waals surface area contributed by atoms with E-state index in [0.29, 0.717) is 18.2 Å². The Labute approximate surface area is 204 Å². The number of aliphatic hydroxyl groups is 1. The van der Waals surface area contributed by atoms with Gasteiger partial charge in [-0.2, -0.15) is 0 Å². The molecule has 0 atom stereocenters. The number of halogens is 6. The van der Waals surface area contributed by atoms with E-state index in [1.807, 2.05) is 0 Å². The fourth-order valence-electron chi connectivity index (χ4n) is 2.63. The second-order valence-corrected chi connectivity index (χ2v) is 6.73. The van der Waals surface area contributed by atoms with Crippen molar-refractivity contribution in [3.05, 3.63) is 82.5 Å². The quantitative estimate of drug-likeness (QED) is 0.153. The topological polar surface area (TPSA) is 125 Å². The number of rotatable bonds is 6. The summed E-state index contributed by atoms with van der Waals surface area (Å²) >= 11 is 0. The van der Waals surface area contributed by atoms with Crippen LogP contribution in [0.1, 0.15) is 29.9 Å². The van der Waals surface area contributed by atoms with Crippen molar-refractivity contribution in [2.45, 2.75) is 13.8 Å². The molecular formula is C23H18F6N2O6. The van der Waals surface area contributed by atoms with Gasteiger partial charge in [0.15, 0.2) is 52.6 Å². The van der Waals surface area contributed by atoms with Crippen LogP contribution in [0.2, 0.25) is 0 Å². The lowest BCUT2D eigenvalue weighted by Gasteiger charge is -2.07. The van der Waals surface area contributed by atoms with Crippen LogP contribution >= 0.6 is 0 Å². The van der Waals surface area contributed by atoms with Crippen LogP contribution < -0.4 is 5.73 Å². The number of oxazole rings is 1. The lowest BCUT2D eigenvalue weighted by molar-refractivity contribution is -0.138. The van der Waals surface area contributed by atoms with E-state index in [1.165, 1.54) is 6.92 Å². The average Bonchev–Trinajstić information content (AvgIpc) is 3.33. The van der Waals surface area contributed by atoms with Crippen LogP contribution in [0.15, 0.2) is 40.8 Å². The molecule has 0 aliphatic heterocycles. The Morgan fingerprint density at radius 1 is 0.865 bits per heavy atom. The van der Waals surface area contributed by atoms with Crippen molar-refractivity contribution < 1.29 is 54.9 Å². The van der Waals surface area contributed by atoms with Crippen LogP contribution in [-0.2, 0) is 14.3 Å². The van der Waals surface area contributed by atoms with E-state index in [-0.39, 0.29) is 30.7 Å². The lowest BCUT2D eigenvalue weighted by Crippen LogP contribution is -2.17. The minimum absolute atomic E-state index is 0.00687. The molecule has 14 heteroatoms. The summed E-state index contributed by atoms with van der Waals surface area (Å²) in [4.78, 5) is 26.3. The van der Waals surface area contributed by atoms with Crippen molar-refractivity contribution in [3.63, 3.8) is 0 Å². The van der Waals surface area contributed by atoms with E-state index in [9.17, 15) is 41.0 Å². The van der Waals surface area contributed by atoms with Gasteiger partial charge in [-0.15, -0.1) is 0 Å². The van der Waals surface area contributed by atoms with Crippen LogP contribution in [0, 0.1) is 34.9 Å². The molecule has 37 heavy (non-hydrogen) atoms. The van der Waals surface area contributed by atoms with Crippen molar-refractivity contribution in [2.24, 2.45) is 5.73 Å². The van der Waals surface area contributed by atoms with E-state index >= 15 is 0 Å². The Bertz CT molecular complexity index is 1340. The Balaban J connectivity index is 0.000000261. The zero-order chi connectivity index (χ0) is 27.9. The predicted molar refractivity (Wildman–Crippen MR) is 114 cm³/mol. The molecule has 3 aromatic rings. The van der Waals surface area contributed by atoms with Gasteiger partial charge in [-0.25, -0.2) is 40.9 Å². The van der Waals surface area contributed by atoms with Gasteiger partial charge < -0.3 is 24.7 Å². The van der Waals surface area contributed by atoms with Crippen molar-refractivity contribution in [2.75, 3.05) is 13.2 Å². The number of esters is 2. The van der Waals surface area contributed by atoms with Crippen molar-refractivity contribution in [1.29, 1.82) is 0 Å². The van der Waals surface area contributed by atoms with Crippen LogP contribution in [0.5, 0.6) is 0 Å². The summed E-state index contributed by atoms with van der Waals surface area (Å²) in [6, 6.07) is 1.58. The normalized spacial score (nSPS) is 11.2. The zero-order valence-corrected chi connectivity index (χ0v) is 19.1. The number of nitrogens with zero attached hydrogens (tertiary/aromatic N) is 1. The number of hydrogen-bond donors (Lipinski definition) is 2. The maximum absolute atomic E-state index is 13.6. The Kier molecular flexibility index (Phi) is 9.68. The molecule has 0 fully saturated rings. The first kappa shape index (κ1) is 28.7. The zero-order valence-electron chi connectivity index (χ0n) is 19.1. The molecule has 0 aliphatic rings. The van der Waals surface area contributed by atoms with E-state index in [1.54, 1.807) is 6.92 Å². The molecule has 198 valence electrons. The smallest absolute Gasteiger partial charge is 0.360 e. The predicted octanol–water partition coefficient (Wildman–Crippen LogP) is 4.79. The molecule has 2 aromatic carbocycles. The molecule has 3 rings (SSSR count). The summed E-state index contributed by atoms with van der Waals surface area (Å²) in [5.74, 6) is -11.0. The second kappa shape index (κ2) is 12.5. The van der Waals surface area contributed by atoms with Gasteiger partial charge in [0.25, 0.3) is 0 Å². The van der Waals surface area contributed by atoms with Gasteiger partial charge in [-0.3, -0.25) is 0 Å². The first-order chi connectivity index (χ1) is 17.4. The lowest BCUT2D eigenvalue weighted by atomic mass is 10.1. The molecule has 0 saturated heterocycles. The standard InChI is InChI=1S/C12H8F3NO3.C11H10F3NO3/c1-2-18-12(17)10-11(19-5-16-10)6-3-8(14)9(15)4-7(6)13;1-2-18-11(17)9(15)10(16)5-3-7(13)8(14)4-6(5)12/h3-5H,2H2,1H3;3-4,16H,2,15H2,1H3/b;10-9-. The number of nitrogens with two attached hydrogens (primary N) is 1. The van der Waals surface area contributed by atoms with Crippen LogP contribution in [0.25, 0.3) is 17.1 Å².